The molecule has 10 nitrogen and oxygen atoms in total. The van der Waals surface area contributed by atoms with Gasteiger partial charge in [-0.3, -0.25) is 10.1 Å². The Morgan fingerprint density at radius 3 is 2.61 bits per heavy atom. The maximum atomic E-state index is 12.5. The largest absolute Gasteiger partial charge is 0.472 e. The molecule has 0 aliphatic heterocycles. The Morgan fingerprint density at radius 1 is 1.21 bits per heavy atom. The molecule has 146 valence electrons. The number of ether oxygens (including phenoxy) is 1. The molecule has 11 heteroatoms. The van der Waals surface area contributed by atoms with Gasteiger partial charge < -0.3 is 4.74 Å². The maximum Gasteiger partial charge on any atom is 0.270 e. The summed E-state index contributed by atoms with van der Waals surface area (Å²) in [5, 5.41) is 19.9. The van der Waals surface area contributed by atoms with E-state index in [0.29, 0.717) is 25.7 Å². The molecule has 1 aromatic carbocycles. The number of aromatic nitrogens is 2. The first-order chi connectivity index (χ1) is 13.4. The molecule has 0 amide bonds. The first-order valence-electron chi connectivity index (χ1n) is 8.53. The van der Waals surface area contributed by atoms with Gasteiger partial charge in [-0.2, -0.15) is 5.26 Å². The number of non-ortho nitro benzene ring substituents is 1. The van der Waals surface area contributed by atoms with Crippen molar-refractivity contribution in [3.8, 4) is 11.9 Å². The van der Waals surface area contributed by atoms with E-state index >= 15 is 0 Å². The second-order valence-electron chi connectivity index (χ2n) is 6.29. The van der Waals surface area contributed by atoms with E-state index in [1.165, 1.54) is 30.6 Å². The van der Waals surface area contributed by atoms with Crippen molar-refractivity contribution in [1.29, 1.82) is 5.26 Å². The number of nitro groups is 1. The molecular weight excluding hydrogens is 386 g/mol. The van der Waals surface area contributed by atoms with Crippen LogP contribution in [0.3, 0.4) is 0 Å². The summed E-state index contributed by atoms with van der Waals surface area (Å²) in [5.41, 5.74) is -0.173. The number of hydrogen-bond donors (Lipinski definition) is 1. The smallest absolute Gasteiger partial charge is 0.270 e. The molecule has 1 heterocycles. The highest BCUT2D eigenvalue weighted by atomic mass is 32.2. The average Bonchev–Trinajstić information content (AvgIpc) is 2.70. The van der Waals surface area contributed by atoms with Crippen molar-refractivity contribution < 1.29 is 18.1 Å². The first kappa shape index (κ1) is 19.7. The lowest BCUT2D eigenvalue weighted by Gasteiger charge is -2.29. The molecule has 0 saturated heterocycles. The summed E-state index contributed by atoms with van der Waals surface area (Å²) in [4.78, 5) is 18.0. The number of hydrogen-bond acceptors (Lipinski definition) is 8. The Kier molecular flexibility index (Phi) is 5.81. The van der Waals surface area contributed by atoms with E-state index in [4.69, 9.17) is 10.00 Å². The van der Waals surface area contributed by atoms with Gasteiger partial charge in [-0.1, -0.05) is 6.07 Å². The molecule has 28 heavy (non-hydrogen) atoms. The number of rotatable bonds is 6. The summed E-state index contributed by atoms with van der Waals surface area (Å²) < 4.78 is 33.4. The molecule has 1 fully saturated rings. The second-order valence-corrected chi connectivity index (χ2v) is 8.00. The second kappa shape index (κ2) is 8.28. The van der Waals surface area contributed by atoms with Crippen LogP contribution in [-0.2, 0) is 10.0 Å². The van der Waals surface area contributed by atoms with Crippen molar-refractivity contribution in [2.75, 3.05) is 0 Å². The number of nitriles is 1. The van der Waals surface area contributed by atoms with Crippen LogP contribution in [0.4, 0.5) is 5.69 Å². The van der Waals surface area contributed by atoms with Crippen molar-refractivity contribution >= 4 is 15.7 Å². The van der Waals surface area contributed by atoms with Crippen LogP contribution < -0.4 is 9.46 Å². The quantitative estimate of drug-likeness (QED) is 0.568. The minimum absolute atomic E-state index is 0.107. The van der Waals surface area contributed by atoms with Gasteiger partial charge in [-0.25, -0.2) is 23.1 Å². The molecule has 1 saturated carbocycles. The monoisotopic (exact) mass is 403 g/mol. The third-order valence-electron chi connectivity index (χ3n) is 4.38. The van der Waals surface area contributed by atoms with Crippen molar-refractivity contribution in [2.45, 2.75) is 42.7 Å². The SMILES string of the molecule is N#Cc1nccnc1OC1CCC(NS(=O)(=O)c2cccc([N+](=O)[O-])c2)CC1. The Hall–Kier alpha value is -3.10. The van der Waals surface area contributed by atoms with Crippen LogP contribution in [0.5, 0.6) is 5.88 Å². The van der Waals surface area contributed by atoms with Gasteiger partial charge in [0.1, 0.15) is 12.2 Å². The maximum absolute atomic E-state index is 12.5. The molecule has 1 aliphatic carbocycles. The standard InChI is InChI=1S/C17H17N5O5S/c18-11-16-17(20-9-8-19-16)27-14-6-4-12(5-7-14)21-28(25,26)15-3-1-2-13(10-15)22(23)24/h1-3,8-10,12,14,21H,4-7H2. The molecule has 3 rings (SSSR count). The van der Waals surface area contributed by atoms with Gasteiger partial charge in [0.05, 0.1) is 9.82 Å². The minimum Gasteiger partial charge on any atom is -0.472 e. The molecule has 2 aromatic rings. The highest BCUT2D eigenvalue weighted by Crippen LogP contribution is 2.25. The fourth-order valence-corrected chi connectivity index (χ4v) is 4.34. The van der Waals surface area contributed by atoms with Crippen LogP contribution in [0.1, 0.15) is 31.4 Å². The van der Waals surface area contributed by atoms with E-state index in [1.54, 1.807) is 0 Å². The predicted octanol–water partition coefficient (Wildman–Crippen LogP) is 1.92. The fourth-order valence-electron chi connectivity index (χ4n) is 3.00. The summed E-state index contributed by atoms with van der Waals surface area (Å²) in [7, 11) is -3.86. The summed E-state index contributed by atoms with van der Waals surface area (Å²) in [5.74, 6) is 0.172. The molecule has 0 radical (unpaired) electrons. The summed E-state index contributed by atoms with van der Waals surface area (Å²) in [6.45, 7) is 0. The normalized spacial score (nSPS) is 19.5. The topological polar surface area (TPSA) is 148 Å². The molecule has 0 unspecified atom stereocenters. The van der Waals surface area contributed by atoms with Gasteiger partial charge in [-0.15, -0.1) is 0 Å². The Balaban J connectivity index is 1.60. The van der Waals surface area contributed by atoms with Gasteiger partial charge in [0, 0.05) is 30.6 Å². The number of benzene rings is 1. The van der Waals surface area contributed by atoms with Crippen LogP contribution in [0.15, 0.2) is 41.6 Å². The Bertz CT molecular complexity index is 1010. The van der Waals surface area contributed by atoms with Crippen LogP contribution in [0.2, 0.25) is 0 Å². The number of sulfonamides is 1. The van der Waals surface area contributed by atoms with E-state index < -0.39 is 14.9 Å². The first-order valence-corrected chi connectivity index (χ1v) is 10.0. The summed E-state index contributed by atoms with van der Waals surface area (Å²) >= 11 is 0. The van der Waals surface area contributed by atoms with Crippen molar-refractivity contribution in [3.05, 3.63) is 52.5 Å². The Morgan fingerprint density at radius 2 is 1.93 bits per heavy atom. The fraction of sp³-hybridized carbons (Fsp3) is 0.353. The highest BCUT2D eigenvalue weighted by molar-refractivity contribution is 7.89. The van der Waals surface area contributed by atoms with E-state index in [9.17, 15) is 18.5 Å². The van der Waals surface area contributed by atoms with Gasteiger partial charge in [-0.05, 0) is 31.7 Å². The van der Waals surface area contributed by atoms with Crippen molar-refractivity contribution in [1.82, 2.24) is 14.7 Å². The van der Waals surface area contributed by atoms with Crippen LogP contribution in [-0.4, -0.2) is 35.5 Å². The average molecular weight is 403 g/mol. The lowest BCUT2D eigenvalue weighted by Crippen LogP contribution is -2.39. The van der Waals surface area contributed by atoms with Crippen molar-refractivity contribution in [2.24, 2.45) is 0 Å². The zero-order valence-corrected chi connectivity index (χ0v) is 15.5. The molecule has 1 N–H and O–H groups in total. The third kappa shape index (κ3) is 4.59. The van der Waals surface area contributed by atoms with Crippen LogP contribution in [0, 0.1) is 21.4 Å². The van der Waals surface area contributed by atoms with Crippen molar-refractivity contribution in [3.63, 3.8) is 0 Å². The lowest BCUT2D eigenvalue weighted by molar-refractivity contribution is -0.385. The molecule has 1 aromatic heterocycles. The predicted molar refractivity (Wildman–Crippen MR) is 96.8 cm³/mol. The van der Waals surface area contributed by atoms with Crippen LogP contribution >= 0.6 is 0 Å². The summed E-state index contributed by atoms with van der Waals surface area (Å²) in [6.07, 6.45) is 4.86. The van der Waals surface area contributed by atoms with Gasteiger partial charge in [0.15, 0.2) is 0 Å². The highest BCUT2D eigenvalue weighted by Gasteiger charge is 2.28. The Labute approximate surface area is 161 Å². The molecule has 0 bridgehead atoms. The van der Waals surface area contributed by atoms with Gasteiger partial charge in [0.2, 0.25) is 15.7 Å². The molecular formula is C17H17N5O5S. The molecule has 1 aliphatic rings. The number of nitrogens with one attached hydrogen (secondary N) is 1. The minimum atomic E-state index is -3.86. The van der Waals surface area contributed by atoms with E-state index in [0.717, 1.165) is 6.07 Å². The lowest BCUT2D eigenvalue weighted by atomic mass is 9.94. The van der Waals surface area contributed by atoms with E-state index in [-0.39, 0.29) is 34.3 Å². The number of nitro benzene ring substituents is 1. The summed E-state index contributed by atoms with van der Waals surface area (Å²) in [6, 6.07) is 6.55. The third-order valence-corrected chi connectivity index (χ3v) is 5.90. The van der Waals surface area contributed by atoms with Crippen LogP contribution in [0.25, 0.3) is 0 Å². The van der Waals surface area contributed by atoms with E-state index in [2.05, 4.69) is 14.7 Å². The molecule has 0 spiro atoms. The molecule has 0 atom stereocenters. The zero-order chi connectivity index (χ0) is 20.1. The van der Waals surface area contributed by atoms with Gasteiger partial charge in [0.25, 0.3) is 11.6 Å². The van der Waals surface area contributed by atoms with E-state index in [1.807, 2.05) is 6.07 Å². The van der Waals surface area contributed by atoms with Gasteiger partial charge >= 0.3 is 0 Å². The number of nitrogens with zero attached hydrogens (tertiary/aromatic N) is 4. The zero-order valence-electron chi connectivity index (χ0n) is 14.7.